The van der Waals surface area contributed by atoms with Crippen LogP contribution in [0.4, 0.5) is 0 Å². The van der Waals surface area contributed by atoms with Crippen molar-refractivity contribution < 1.29 is 9.53 Å². The number of carbonyl (C=O) groups is 1. The van der Waals surface area contributed by atoms with Crippen molar-refractivity contribution in [3.05, 3.63) is 34.2 Å². The first-order valence-electron chi connectivity index (χ1n) is 9.50. The normalized spacial score (nSPS) is 22.0. The van der Waals surface area contributed by atoms with Crippen molar-refractivity contribution >= 4 is 5.91 Å². The largest absolute Gasteiger partial charge is 0.369 e. The molecule has 1 N–H and O–H groups in total. The SMILES string of the molecule is Cc1nc2n(c1CNC(=O)c1c3c(nn1C)[C@H](C)O[C@H](C)C3)CCCC2. The molecule has 7 heteroatoms. The van der Waals surface area contributed by atoms with E-state index in [1.807, 2.05) is 27.8 Å². The van der Waals surface area contributed by atoms with E-state index in [0.29, 0.717) is 12.2 Å². The molecule has 140 valence electrons. The van der Waals surface area contributed by atoms with Crippen LogP contribution in [0.3, 0.4) is 0 Å². The maximum atomic E-state index is 12.9. The summed E-state index contributed by atoms with van der Waals surface area (Å²) in [5.41, 5.74) is 4.69. The van der Waals surface area contributed by atoms with Crippen LogP contribution in [0.1, 0.15) is 71.8 Å². The number of nitrogens with zero attached hydrogens (tertiary/aromatic N) is 4. The van der Waals surface area contributed by atoms with Crippen LogP contribution in [-0.2, 0) is 37.7 Å². The highest BCUT2D eigenvalue weighted by Crippen LogP contribution is 2.31. The van der Waals surface area contributed by atoms with Crippen molar-refractivity contribution in [2.45, 2.75) is 71.8 Å². The highest BCUT2D eigenvalue weighted by Gasteiger charge is 2.31. The Morgan fingerprint density at radius 2 is 2.15 bits per heavy atom. The number of rotatable bonds is 3. The molecule has 4 rings (SSSR count). The number of ether oxygens (including phenoxy) is 1. The molecule has 0 saturated heterocycles. The van der Waals surface area contributed by atoms with Gasteiger partial charge in [0.1, 0.15) is 11.5 Å². The van der Waals surface area contributed by atoms with Gasteiger partial charge < -0.3 is 14.6 Å². The summed E-state index contributed by atoms with van der Waals surface area (Å²) in [4.78, 5) is 17.6. The molecule has 0 spiro atoms. The number of aromatic nitrogens is 4. The van der Waals surface area contributed by atoms with E-state index < -0.39 is 0 Å². The highest BCUT2D eigenvalue weighted by atomic mass is 16.5. The van der Waals surface area contributed by atoms with Crippen LogP contribution in [-0.4, -0.2) is 31.3 Å². The summed E-state index contributed by atoms with van der Waals surface area (Å²) in [6, 6.07) is 0. The van der Waals surface area contributed by atoms with Gasteiger partial charge in [0, 0.05) is 32.0 Å². The van der Waals surface area contributed by atoms with Crippen molar-refractivity contribution in [1.29, 1.82) is 0 Å². The van der Waals surface area contributed by atoms with E-state index >= 15 is 0 Å². The minimum absolute atomic E-state index is 0.0756. The molecule has 0 aliphatic carbocycles. The number of carbonyl (C=O) groups excluding carboxylic acids is 1. The zero-order valence-corrected chi connectivity index (χ0v) is 16.0. The number of imidazole rings is 1. The third-order valence-electron chi connectivity index (χ3n) is 5.50. The number of hydrogen-bond acceptors (Lipinski definition) is 4. The van der Waals surface area contributed by atoms with E-state index in [0.717, 1.165) is 47.9 Å². The zero-order valence-electron chi connectivity index (χ0n) is 16.0. The van der Waals surface area contributed by atoms with Gasteiger partial charge in [0.25, 0.3) is 5.91 Å². The number of aryl methyl sites for hydroxylation is 3. The molecule has 0 fully saturated rings. The van der Waals surface area contributed by atoms with E-state index in [2.05, 4.69) is 20.0 Å². The van der Waals surface area contributed by atoms with Gasteiger partial charge in [0.15, 0.2) is 0 Å². The van der Waals surface area contributed by atoms with Crippen LogP contribution in [0, 0.1) is 6.92 Å². The first-order chi connectivity index (χ1) is 12.5. The summed E-state index contributed by atoms with van der Waals surface area (Å²) in [7, 11) is 1.83. The van der Waals surface area contributed by atoms with Gasteiger partial charge >= 0.3 is 0 Å². The summed E-state index contributed by atoms with van der Waals surface area (Å²) < 4.78 is 9.80. The van der Waals surface area contributed by atoms with Crippen molar-refractivity contribution in [3.63, 3.8) is 0 Å². The molecule has 2 aliphatic heterocycles. The second-order valence-electron chi connectivity index (χ2n) is 7.48. The Balaban J connectivity index is 1.56. The van der Waals surface area contributed by atoms with E-state index in [-0.39, 0.29) is 18.1 Å². The molecule has 2 aliphatic rings. The standard InChI is InChI=1S/C19H27N5O2/c1-11-9-14-17(13(3)26-11)22-23(4)18(14)19(25)20-10-15-12(2)21-16-7-5-6-8-24(15)16/h11,13H,5-10H2,1-4H3,(H,20,25)/t11-,13+/m1/s1. The Morgan fingerprint density at radius 1 is 1.35 bits per heavy atom. The number of hydrogen-bond donors (Lipinski definition) is 1. The first kappa shape index (κ1) is 17.3. The van der Waals surface area contributed by atoms with Gasteiger partial charge in [-0.15, -0.1) is 0 Å². The molecule has 2 aromatic heterocycles. The van der Waals surface area contributed by atoms with Crippen LogP contribution < -0.4 is 5.32 Å². The van der Waals surface area contributed by atoms with E-state index in [4.69, 9.17) is 4.74 Å². The van der Waals surface area contributed by atoms with Crippen LogP contribution in [0.25, 0.3) is 0 Å². The smallest absolute Gasteiger partial charge is 0.270 e. The summed E-state index contributed by atoms with van der Waals surface area (Å²) in [6.07, 6.45) is 4.14. The topological polar surface area (TPSA) is 74.0 Å². The Morgan fingerprint density at radius 3 is 2.96 bits per heavy atom. The zero-order chi connectivity index (χ0) is 18.4. The molecule has 2 atom stereocenters. The molecule has 4 heterocycles. The molecule has 0 aromatic carbocycles. The molecular formula is C19H27N5O2. The Labute approximate surface area is 153 Å². The number of nitrogens with one attached hydrogen (secondary N) is 1. The fourth-order valence-electron chi connectivity index (χ4n) is 4.30. The van der Waals surface area contributed by atoms with Gasteiger partial charge in [-0.1, -0.05) is 0 Å². The fraction of sp³-hybridized carbons (Fsp3) is 0.632. The van der Waals surface area contributed by atoms with E-state index in [1.165, 1.54) is 12.8 Å². The number of amides is 1. The van der Waals surface area contributed by atoms with Crippen molar-refractivity contribution in [1.82, 2.24) is 24.6 Å². The van der Waals surface area contributed by atoms with Crippen LogP contribution in [0.15, 0.2) is 0 Å². The molecule has 0 saturated carbocycles. The third kappa shape index (κ3) is 2.84. The maximum absolute atomic E-state index is 12.9. The Bertz CT molecular complexity index is 851. The van der Waals surface area contributed by atoms with Gasteiger partial charge in [0.2, 0.25) is 0 Å². The molecule has 1 amide bonds. The predicted octanol–water partition coefficient (Wildman–Crippen LogP) is 2.21. The first-order valence-corrected chi connectivity index (χ1v) is 9.50. The molecule has 0 unspecified atom stereocenters. The average molecular weight is 357 g/mol. The summed E-state index contributed by atoms with van der Waals surface area (Å²) in [6.45, 7) is 7.55. The average Bonchev–Trinajstić information content (AvgIpc) is 3.09. The Kier molecular flexibility index (Phi) is 4.34. The van der Waals surface area contributed by atoms with Crippen molar-refractivity contribution in [2.75, 3.05) is 0 Å². The minimum Gasteiger partial charge on any atom is -0.369 e. The van der Waals surface area contributed by atoms with E-state index in [1.54, 1.807) is 4.68 Å². The summed E-state index contributed by atoms with van der Waals surface area (Å²) in [5.74, 6) is 1.07. The monoisotopic (exact) mass is 357 g/mol. The van der Waals surface area contributed by atoms with E-state index in [9.17, 15) is 4.79 Å². The van der Waals surface area contributed by atoms with Crippen LogP contribution in [0.2, 0.25) is 0 Å². The summed E-state index contributed by atoms with van der Waals surface area (Å²) in [5, 5.41) is 7.63. The fourth-order valence-corrected chi connectivity index (χ4v) is 4.30. The molecular weight excluding hydrogens is 330 g/mol. The minimum atomic E-state index is -0.0782. The lowest BCUT2D eigenvalue weighted by molar-refractivity contribution is -0.00710. The van der Waals surface area contributed by atoms with Crippen molar-refractivity contribution in [2.24, 2.45) is 7.05 Å². The predicted molar refractivity (Wildman–Crippen MR) is 96.9 cm³/mol. The summed E-state index contributed by atoms with van der Waals surface area (Å²) >= 11 is 0. The van der Waals surface area contributed by atoms with Gasteiger partial charge in [-0.2, -0.15) is 5.10 Å². The lowest BCUT2D eigenvalue weighted by Crippen LogP contribution is -2.29. The van der Waals surface area contributed by atoms with Crippen LogP contribution >= 0.6 is 0 Å². The highest BCUT2D eigenvalue weighted by molar-refractivity contribution is 5.94. The molecule has 2 aromatic rings. The quantitative estimate of drug-likeness (QED) is 0.914. The van der Waals surface area contributed by atoms with Gasteiger partial charge in [-0.05, 0) is 33.6 Å². The lowest BCUT2D eigenvalue weighted by Gasteiger charge is -2.24. The Hall–Kier alpha value is -2.15. The second-order valence-corrected chi connectivity index (χ2v) is 7.48. The van der Waals surface area contributed by atoms with Gasteiger partial charge in [0.05, 0.1) is 35.8 Å². The van der Waals surface area contributed by atoms with Gasteiger partial charge in [-0.3, -0.25) is 9.48 Å². The molecule has 26 heavy (non-hydrogen) atoms. The van der Waals surface area contributed by atoms with Gasteiger partial charge in [-0.25, -0.2) is 4.98 Å². The number of fused-ring (bicyclic) bond motifs is 2. The van der Waals surface area contributed by atoms with Crippen molar-refractivity contribution in [3.8, 4) is 0 Å². The maximum Gasteiger partial charge on any atom is 0.270 e. The molecule has 7 nitrogen and oxygen atoms in total. The van der Waals surface area contributed by atoms with Crippen LogP contribution in [0.5, 0.6) is 0 Å². The molecule has 0 radical (unpaired) electrons. The lowest BCUT2D eigenvalue weighted by atomic mass is 9.99. The second kappa shape index (κ2) is 6.54. The molecule has 0 bridgehead atoms. The third-order valence-corrected chi connectivity index (χ3v) is 5.50.